The first-order valence-electron chi connectivity index (χ1n) is 10.2. The van der Waals surface area contributed by atoms with Gasteiger partial charge in [-0.05, 0) is 43.3 Å². The molecule has 0 radical (unpaired) electrons. The van der Waals surface area contributed by atoms with E-state index >= 15 is 0 Å². The molecule has 1 heterocycles. The van der Waals surface area contributed by atoms with Crippen LogP contribution in [0.4, 0.5) is 8.78 Å². The van der Waals surface area contributed by atoms with Crippen molar-refractivity contribution in [3.63, 3.8) is 0 Å². The third-order valence-corrected chi connectivity index (χ3v) is 5.29. The number of hydrogen-bond acceptors (Lipinski definition) is 5. The second-order valence-electron chi connectivity index (χ2n) is 7.54. The first-order chi connectivity index (χ1) is 15.7. The number of rotatable bonds is 5. The molecule has 0 saturated carbocycles. The Labute approximate surface area is 189 Å². The Morgan fingerprint density at radius 3 is 2.09 bits per heavy atom. The van der Waals surface area contributed by atoms with Crippen LogP contribution in [0.5, 0.6) is 0 Å². The van der Waals surface area contributed by atoms with Crippen molar-refractivity contribution in [1.82, 2.24) is 15.1 Å². The Hall–Kier alpha value is -3.82. The number of methoxy groups -OCH3 is 1. The monoisotopic (exact) mass is 459 g/mol. The summed E-state index contributed by atoms with van der Waals surface area (Å²) in [6.07, 6.45) is 0. The van der Waals surface area contributed by atoms with Crippen LogP contribution in [0.2, 0.25) is 0 Å². The van der Waals surface area contributed by atoms with Gasteiger partial charge in [-0.2, -0.15) is 0 Å². The predicted molar refractivity (Wildman–Crippen MR) is 113 cm³/mol. The van der Waals surface area contributed by atoms with Gasteiger partial charge in [0.25, 0.3) is 11.8 Å². The first-order valence-corrected chi connectivity index (χ1v) is 10.2. The number of ether oxygens (including phenoxy) is 1. The summed E-state index contributed by atoms with van der Waals surface area (Å²) in [6, 6.07) is 8.01. The van der Waals surface area contributed by atoms with Gasteiger partial charge in [-0.25, -0.2) is 13.6 Å². The van der Waals surface area contributed by atoms with E-state index in [9.17, 15) is 28.0 Å². The summed E-state index contributed by atoms with van der Waals surface area (Å²) in [5, 5.41) is 2.48. The summed E-state index contributed by atoms with van der Waals surface area (Å²) in [5.74, 6) is -3.67. The van der Waals surface area contributed by atoms with E-state index in [-0.39, 0.29) is 30.8 Å². The molecule has 1 N–H and O–H groups in total. The molecule has 0 bridgehead atoms. The van der Waals surface area contributed by atoms with Crippen molar-refractivity contribution >= 4 is 23.7 Å². The fourth-order valence-corrected chi connectivity index (χ4v) is 3.57. The van der Waals surface area contributed by atoms with Crippen LogP contribution in [0.3, 0.4) is 0 Å². The maximum atomic E-state index is 13.7. The van der Waals surface area contributed by atoms with Crippen LogP contribution in [0.25, 0.3) is 0 Å². The molecular weight excluding hydrogens is 436 g/mol. The largest absolute Gasteiger partial charge is 0.467 e. The number of halogens is 2. The van der Waals surface area contributed by atoms with Gasteiger partial charge in [-0.1, -0.05) is 12.1 Å². The van der Waals surface area contributed by atoms with E-state index in [0.717, 1.165) is 12.1 Å². The number of carbonyl (C=O) groups excluding carboxylic acids is 4. The van der Waals surface area contributed by atoms with Gasteiger partial charge in [0.15, 0.2) is 0 Å². The molecule has 1 aliphatic rings. The molecule has 2 aromatic carbocycles. The molecular formula is C23H23F2N3O5. The number of esters is 1. The summed E-state index contributed by atoms with van der Waals surface area (Å²) >= 11 is 0. The van der Waals surface area contributed by atoms with Crippen LogP contribution in [0.1, 0.15) is 27.6 Å². The Kier molecular flexibility index (Phi) is 7.37. The van der Waals surface area contributed by atoms with Gasteiger partial charge in [0.05, 0.1) is 13.7 Å². The smallest absolute Gasteiger partial charge is 0.328 e. The summed E-state index contributed by atoms with van der Waals surface area (Å²) in [7, 11) is 1.17. The minimum Gasteiger partial charge on any atom is -0.467 e. The summed E-state index contributed by atoms with van der Waals surface area (Å²) in [4.78, 5) is 53.3. The maximum absolute atomic E-state index is 13.7. The zero-order chi connectivity index (χ0) is 24.1. The zero-order valence-corrected chi connectivity index (χ0v) is 18.1. The van der Waals surface area contributed by atoms with E-state index in [1.165, 1.54) is 60.2 Å². The highest BCUT2D eigenvalue weighted by molar-refractivity contribution is 5.99. The average Bonchev–Trinajstić information content (AvgIpc) is 2.82. The van der Waals surface area contributed by atoms with Crippen molar-refractivity contribution in [3.8, 4) is 0 Å². The van der Waals surface area contributed by atoms with Gasteiger partial charge in [-0.3, -0.25) is 14.4 Å². The SMILES string of the molecule is COC(=O)[C@@H](C)NC(=O)[C@@H]1CN(C(=O)c2cccc(F)c2)CCN1C(=O)c1cccc(F)c1. The predicted octanol–water partition coefficient (Wildman–Crippen LogP) is 1.61. The van der Waals surface area contributed by atoms with Crippen LogP contribution in [0, 0.1) is 11.6 Å². The average molecular weight is 459 g/mol. The van der Waals surface area contributed by atoms with Crippen molar-refractivity contribution in [2.24, 2.45) is 0 Å². The molecule has 3 amide bonds. The highest BCUT2D eigenvalue weighted by Gasteiger charge is 2.38. The van der Waals surface area contributed by atoms with E-state index < -0.39 is 47.4 Å². The molecule has 2 aromatic rings. The lowest BCUT2D eigenvalue weighted by Crippen LogP contribution is -2.62. The van der Waals surface area contributed by atoms with Crippen molar-refractivity contribution in [1.29, 1.82) is 0 Å². The van der Waals surface area contributed by atoms with Crippen LogP contribution in [0.15, 0.2) is 48.5 Å². The van der Waals surface area contributed by atoms with E-state index in [4.69, 9.17) is 0 Å². The van der Waals surface area contributed by atoms with Crippen molar-refractivity contribution in [2.75, 3.05) is 26.7 Å². The number of piperazine rings is 1. The van der Waals surface area contributed by atoms with Crippen molar-refractivity contribution in [3.05, 3.63) is 71.3 Å². The molecule has 10 heteroatoms. The van der Waals surface area contributed by atoms with Gasteiger partial charge in [-0.15, -0.1) is 0 Å². The van der Waals surface area contributed by atoms with Crippen molar-refractivity contribution in [2.45, 2.75) is 19.0 Å². The maximum Gasteiger partial charge on any atom is 0.328 e. The molecule has 1 aliphatic heterocycles. The molecule has 1 fully saturated rings. The highest BCUT2D eigenvalue weighted by atomic mass is 19.1. The Morgan fingerprint density at radius 1 is 0.970 bits per heavy atom. The molecule has 2 atom stereocenters. The third-order valence-electron chi connectivity index (χ3n) is 5.29. The number of amides is 3. The molecule has 1 saturated heterocycles. The van der Waals surface area contributed by atoms with Gasteiger partial charge in [0.1, 0.15) is 23.7 Å². The topological polar surface area (TPSA) is 96.0 Å². The summed E-state index contributed by atoms with van der Waals surface area (Å²) < 4.78 is 31.8. The van der Waals surface area contributed by atoms with E-state index in [1.807, 2.05) is 0 Å². The molecule has 0 aliphatic carbocycles. The van der Waals surface area contributed by atoms with Gasteiger partial charge < -0.3 is 19.9 Å². The minimum atomic E-state index is -1.17. The fraction of sp³-hybridized carbons (Fsp3) is 0.304. The van der Waals surface area contributed by atoms with Crippen molar-refractivity contribution < 1.29 is 32.7 Å². The Morgan fingerprint density at radius 2 is 1.55 bits per heavy atom. The van der Waals surface area contributed by atoms with Crippen LogP contribution >= 0.6 is 0 Å². The molecule has 0 spiro atoms. The molecule has 0 unspecified atom stereocenters. The second kappa shape index (κ2) is 10.2. The third kappa shape index (κ3) is 5.51. The van der Waals surface area contributed by atoms with Gasteiger partial charge in [0.2, 0.25) is 5.91 Å². The van der Waals surface area contributed by atoms with Gasteiger partial charge in [0, 0.05) is 24.2 Å². The molecule has 174 valence electrons. The second-order valence-corrected chi connectivity index (χ2v) is 7.54. The van der Waals surface area contributed by atoms with Gasteiger partial charge >= 0.3 is 5.97 Å². The standard InChI is InChI=1S/C23H23F2N3O5/c1-14(23(32)33-2)26-20(29)19-13-27(21(30)15-5-3-7-17(24)11-15)9-10-28(19)22(31)16-6-4-8-18(25)12-16/h3-8,11-12,14,19H,9-10,13H2,1-2H3,(H,26,29)/t14-,19+/m1/s1. The summed E-state index contributed by atoms with van der Waals surface area (Å²) in [5.41, 5.74) is 0.140. The lowest BCUT2D eigenvalue weighted by atomic mass is 10.1. The lowest BCUT2D eigenvalue weighted by Gasteiger charge is -2.40. The lowest BCUT2D eigenvalue weighted by molar-refractivity contribution is -0.145. The van der Waals surface area contributed by atoms with E-state index in [0.29, 0.717) is 0 Å². The molecule has 8 nitrogen and oxygen atoms in total. The van der Waals surface area contributed by atoms with E-state index in [1.54, 1.807) is 0 Å². The Balaban J connectivity index is 1.87. The number of hydrogen-bond donors (Lipinski definition) is 1. The number of nitrogens with one attached hydrogen (secondary N) is 1. The Bertz CT molecular complexity index is 1080. The number of nitrogens with zero attached hydrogens (tertiary/aromatic N) is 2. The van der Waals surface area contributed by atoms with E-state index in [2.05, 4.69) is 10.1 Å². The fourth-order valence-electron chi connectivity index (χ4n) is 3.57. The van der Waals surface area contributed by atoms with Crippen LogP contribution in [-0.2, 0) is 14.3 Å². The number of carbonyl (C=O) groups is 4. The zero-order valence-electron chi connectivity index (χ0n) is 18.1. The quantitative estimate of drug-likeness (QED) is 0.686. The van der Waals surface area contributed by atoms with Crippen LogP contribution < -0.4 is 5.32 Å². The molecule has 33 heavy (non-hydrogen) atoms. The van der Waals surface area contributed by atoms with Crippen LogP contribution in [-0.4, -0.2) is 72.3 Å². The minimum absolute atomic E-state index is 0.0267. The normalized spacial score (nSPS) is 16.7. The molecule has 3 rings (SSSR count). The first kappa shape index (κ1) is 23.8. The highest BCUT2D eigenvalue weighted by Crippen LogP contribution is 2.18. The summed E-state index contributed by atoms with van der Waals surface area (Å²) in [6.45, 7) is 1.27. The number of benzene rings is 2. The molecule has 0 aromatic heterocycles.